The van der Waals surface area contributed by atoms with Crippen molar-refractivity contribution in [1.29, 1.82) is 0 Å². The van der Waals surface area contributed by atoms with E-state index in [9.17, 15) is 9.90 Å². The first-order valence-corrected chi connectivity index (χ1v) is 4.83. The van der Waals surface area contributed by atoms with Crippen LogP contribution in [-0.2, 0) is 0 Å². The van der Waals surface area contributed by atoms with Gasteiger partial charge in [-0.3, -0.25) is 10.2 Å². The number of carbonyl (C=O) groups excluding carboxylic acids is 1. The predicted molar refractivity (Wildman–Crippen MR) is 55.2 cm³/mol. The van der Waals surface area contributed by atoms with Crippen LogP contribution < -0.4 is 5.32 Å². The standard InChI is InChI=1S/C10H13N3O2/c1-6(2)13-9(14)7-4-3-5-11-8(7)12-10(13)15/h3-6,9,14H,1-2H3,(H,11,12,15). The summed E-state index contributed by atoms with van der Waals surface area (Å²) < 4.78 is 0. The van der Waals surface area contributed by atoms with Gasteiger partial charge in [-0.2, -0.15) is 0 Å². The lowest BCUT2D eigenvalue weighted by Crippen LogP contribution is -2.46. The number of hydrogen-bond acceptors (Lipinski definition) is 3. The van der Waals surface area contributed by atoms with Crippen LogP contribution in [0.1, 0.15) is 25.6 Å². The maximum Gasteiger partial charge on any atom is 0.325 e. The molecule has 0 aromatic carbocycles. The lowest BCUT2D eigenvalue weighted by atomic mass is 10.1. The van der Waals surface area contributed by atoms with Crippen LogP contribution in [0.4, 0.5) is 10.6 Å². The molecule has 80 valence electrons. The topological polar surface area (TPSA) is 65.5 Å². The van der Waals surface area contributed by atoms with Crippen molar-refractivity contribution in [3.8, 4) is 0 Å². The Labute approximate surface area is 87.7 Å². The monoisotopic (exact) mass is 207 g/mol. The van der Waals surface area contributed by atoms with Crippen LogP contribution in [0.15, 0.2) is 18.3 Å². The van der Waals surface area contributed by atoms with Crippen molar-refractivity contribution in [2.75, 3.05) is 5.32 Å². The van der Waals surface area contributed by atoms with Crippen LogP contribution in [0.25, 0.3) is 0 Å². The number of nitrogens with zero attached hydrogens (tertiary/aromatic N) is 2. The molecule has 0 saturated heterocycles. The molecule has 0 fully saturated rings. The van der Waals surface area contributed by atoms with Gasteiger partial charge in [-0.25, -0.2) is 9.78 Å². The molecular weight excluding hydrogens is 194 g/mol. The van der Waals surface area contributed by atoms with Crippen molar-refractivity contribution in [3.63, 3.8) is 0 Å². The van der Waals surface area contributed by atoms with Gasteiger partial charge in [0.2, 0.25) is 0 Å². The molecule has 0 saturated carbocycles. The molecule has 1 atom stereocenters. The summed E-state index contributed by atoms with van der Waals surface area (Å²) in [6.45, 7) is 3.70. The van der Waals surface area contributed by atoms with Gasteiger partial charge in [0.25, 0.3) is 0 Å². The normalized spacial score (nSPS) is 20.1. The second-order valence-electron chi connectivity index (χ2n) is 3.75. The SMILES string of the molecule is CC(C)N1C(=O)Nc2ncccc2C1O. The average Bonchev–Trinajstić information content (AvgIpc) is 2.17. The maximum atomic E-state index is 11.6. The van der Waals surface area contributed by atoms with E-state index in [4.69, 9.17) is 0 Å². The number of aliphatic hydroxyl groups is 1. The fourth-order valence-electron chi connectivity index (χ4n) is 1.67. The first kappa shape index (κ1) is 9.92. The van der Waals surface area contributed by atoms with Gasteiger partial charge in [-0.15, -0.1) is 0 Å². The molecule has 2 amide bonds. The number of hydrogen-bond donors (Lipinski definition) is 2. The second kappa shape index (κ2) is 3.51. The quantitative estimate of drug-likeness (QED) is 0.730. The number of fused-ring (bicyclic) bond motifs is 1. The van der Waals surface area contributed by atoms with Crippen LogP contribution in [0.2, 0.25) is 0 Å². The smallest absolute Gasteiger partial charge is 0.325 e. The van der Waals surface area contributed by atoms with Crippen molar-refractivity contribution in [1.82, 2.24) is 9.88 Å². The van der Waals surface area contributed by atoms with Gasteiger partial charge in [0.15, 0.2) is 6.23 Å². The number of aliphatic hydroxyl groups excluding tert-OH is 1. The van der Waals surface area contributed by atoms with E-state index < -0.39 is 6.23 Å². The first-order valence-electron chi connectivity index (χ1n) is 4.83. The summed E-state index contributed by atoms with van der Waals surface area (Å²) in [5.74, 6) is 0.437. The zero-order chi connectivity index (χ0) is 11.0. The molecule has 5 nitrogen and oxygen atoms in total. The highest BCUT2D eigenvalue weighted by Gasteiger charge is 2.32. The largest absolute Gasteiger partial charge is 0.369 e. The number of nitrogens with one attached hydrogen (secondary N) is 1. The molecular formula is C10H13N3O2. The highest BCUT2D eigenvalue weighted by Crippen LogP contribution is 2.30. The van der Waals surface area contributed by atoms with Crippen LogP contribution >= 0.6 is 0 Å². The third kappa shape index (κ3) is 1.55. The van der Waals surface area contributed by atoms with Crippen LogP contribution in [0, 0.1) is 0 Å². The third-order valence-electron chi connectivity index (χ3n) is 2.40. The Balaban J connectivity index is 2.43. The van der Waals surface area contributed by atoms with Gasteiger partial charge in [0.1, 0.15) is 5.82 Å². The number of aromatic nitrogens is 1. The lowest BCUT2D eigenvalue weighted by Gasteiger charge is -2.36. The first-order chi connectivity index (χ1) is 7.11. The number of carbonyl (C=O) groups is 1. The molecule has 1 aromatic heterocycles. The van der Waals surface area contributed by atoms with Gasteiger partial charge in [-0.1, -0.05) is 0 Å². The van der Waals surface area contributed by atoms with Crippen molar-refractivity contribution >= 4 is 11.8 Å². The van der Waals surface area contributed by atoms with E-state index in [1.165, 1.54) is 4.90 Å². The molecule has 1 aliphatic heterocycles. The molecule has 1 unspecified atom stereocenters. The number of urea groups is 1. The molecule has 0 spiro atoms. The second-order valence-corrected chi connectivity index (χ2v) is 3.75. The molecule has 0 bridgehead atoms. The Kier molecular flexibility index (Phi) is 2.32. The Bertz CT molecular complexity index is 392. The molecule has 2 rings (SSSR count). The van der Waals surface area contributed by atoms with E-state index in [2.05, 4.69) is 10.3 Å². The Morgan fingerprint density at radius 2 is 2.33 bits per heavy atom. The fourth-order valence-corrected chi connectivity index (χ4v) is 1.67. The van der Waals surface area contributed by atoms with Gasteiger partial charge in [0.05, 0.1) is 0 Å². The zero-order valence-electron chi connectivity index (χ0n) is 8.64. The fraction of sp³-hybridized carbons (Fsp3) is 0.400. The Morgan fingerprint density at radius 1 is 1.60 bits per heavy atom. The van der Waals surface area contributed by atoms with E-state index in [0.717, 1.165) is 0 Å². The van der Waals surface area contributed by atoms with Crippen LogP contribution in [0.3, 0.4) is 0 Å². The van der Waals surface area contributed by atoms with Crippen LogP contribution in [0.5, 0.6) is 0 Å². The van der Waals surface area contributed by atoms with Gasteiger partial charge in [-0.05, 0) is 26.0 Å². The van der Waals surface area contributed by atoms with E-state index in [1.807, 2.05) is 13.8 Å². The Morgan fingerprint density at radius 3 is 3.00 bits per heavy atom. The molecule has 5 heteroatoms. The van der Waals surface area contributed by atoms with Gasteiger partial charge < -0.3 is 5.11 Å². The highest BCUT2D eigenvalue weighted by molar-refractivity contribution is 5.91. The van der Waals surface area contributed by atoms with Crippen molar-refractivity contribution in [2.45, 2.75) is 26.1 Å². The number of anilines is 1. The molecule has 0 aliphatic carbocycles. The highest BCUT2D eigenvalue weighted by atomic mass is 16.3. The molecule has 1 aliphatic rings. The zero-order valence-corrected chi connectivity index (χ0v) is 8.64. The average molecular weight is 207 g/mol. The van der Waals surface area contributed by atoms with Crippen molar-refractivity contribution in [2.24, 2.45) is 0 Å². The minimum absolute atomic E-state index is 0.0617. The van der Waals surface area contributed by atoms with E-state index in [-0.39, 0.29) is 12.1 Å². The minimum Gasteiger partial charge on any atom is -0.369 e. The summed E-state index contributed by atoms with van der Waals surface area (Å²) >= 11 is 0. The van der Waals surface area contributed by atoms with Crippen molar-refractivity contribution < 1.29 is 9.90 Å². The van der Waals surface area contributed by atoms with Crippen molar-refractivity contribution in [3.05, 3.63) is 23.9 Å². The van der Waals surface area contributed by atoms with Gasteiger partial charge >= 0.3 is 6.03 Å². The Hall–Kier alpha value is -1.62. The molecule has 2 N–H and O–H groups in total. The summed E-state index contributed by atoms with van der Waals surface area (Å²) in [7, 11) is 0. The maximum absolute atomic E-state index is 11.6. The molecule has 1 aromatic rings. The van der Waals surface area contributed by atoms with E-state index in [0.29, 0.717) is 11.4 Å². The third-order valence-corrected chi connectivity index (χ3v) is 2.40. The number of amides is 2. The number of pyridine rings is 1. The summed E-state index contributed by atoms with van der Waals surface area (Å²) in [5.41, 5.74) is 0.630. The minimum atomic E-state index is -0.914. The summed E-state index contributed by atoms with van der Waals surface area (Å²) in [4.78, 5) is 17.0. The molecule has 15 heavy (non-hydrogen) atoms. The molecule has 0 radical (unpaired) electrons. The lowest BCUT2D eigenvalue weighted by molar-refractivity contribution is 0.0134. The van der Waals surface area contributed by atoms with E-state index >= 15 is 0 Å². The predicted octanol–water partition coefficient (Wildman–Crippen LogP) is 1.33. The summed E-state index contributed by atoms with van der Waals surface area (Å²) in [6.07, 6.45) is 0.666. The molecule has 2 heterocycles. The number of rotatable bonds is 1. The van der Waals surface area contributed by atoms with Gasteiger partial charge in [0, 0.05) is 17.8 Å². The van der Waals surface area contributed by atoms with Crippen LogP contribution in [-0.4, -0.2) is 27.1 Å². The summed E-state index contributed by atoms with van der Waals surface area (Å²) in [5, 5.41) is 12.6. The van der Waals surface area contributed by atoms with E-state index in [1.54, 1.807) is 18.3 Å². The summed E-state index contributed by atoms with van der Waals surface area (Å²) in [6, 6.07) is 3.11.